The summed E-state index contributed by atoms with van der Waals surface area (Å²) in [4.78, 5) is 28.9. The van der Waals surface area contributed by atoms with Crippen LogP contribution in [0.3, 0.4) is 0 Å². The summed E-state index contributed by atoms with van der Waals surface area (Å²) >= 11 is 1.16. The van der Waals surface area contributed by atoms with Crippen molar-refractivity contribution in [3.8, 4) is 0 Å². The van der Waals surface area contributed by atoms with E-state index in [9.17, 15) is 9.59 Å². The lowest BCUT2D eigenvalue weighted by Crippen LogP contribution is -2.17. The Labute approximate surface area is 91.3 Å². The topological polar surface area (TPSA) is 72.0 Å². The van der Waals surface area contributed by atoms with Crippen molar-refractivity contribution in [1.29, 1.82) is 0 Å². The van der Waals surface area contributed by atoms with E-state index in [4.69, 9.17) is 0 Å². The average molecular weight is 228 g/mol. The summed E-state index contributed by atoms with van der Waals surface area (Å²) in [6.45, 7) is 3.42. The molecule has 0 amide bonds. The smallest absolute Gasteiger partial charge is 0.318 e. The highest BCUT2D eigenvalue weighted by atomic mass is 32.2. The normalized spacial score (nSPS) is 12.2. The number of aromatic nitrogens is 2. The Balaban J connectivity index is 2.81. The minimum Gasteiger partial charge on any atom is -0.468 e. The number of methoxy groups -OCH3 is 1. The third-order valence-corrected chi connectivity index (χ3v) is 2.63. The summed E-state index contributed by atoms with van der Waals surface area (Å²) in [6.07, 6.45) is 0. The molecular formula is C9H12N2O3S. The fourth-order valence-electron chi connectivity index (χ4n) is 0.989. The molecule has 0 bridgehead atoms. The first-order valence-electron chi connectivity index (χ1n) is 4.35. The van der Waals surface area contributed by atoms with Gasteiger partial charge in [0.25, 0.3) is 5.56 Å². The first kappa shape index (κ1) is 11.8. The van der Waals surface area contributed by atoms with Crippen LogP contribution in [0.5, 0.6) is 0 Å². The first-order valence-corrected chi connectivity index (χ1v) is 5.23. The van der Waals surface area contributed by atoms with E-state index in [2.05, 4.69) is 14.7 Å². The number of nitrogens with one attached hydrogen (secondary N) is 1. The summed E-state index contributed by atoms with van der Waals surface area (Å²) in [5.41, 5.74) is 0.403. The predicted molar refractivity (Wildman–Crippen MR) is 56.9 cm³/mol. The van der Waals surface area contributed by atoms with Crippen LogP contribution in [-0.2, 0) is 9.53 Å². The Bertz CT molecular complexity index is 416. The number of hydrogen-bond acceptors (Lipinski definition) is 5. The summed E-state index contributed by atoms with van der Waals surface area (Å²) in [5, 5.41) is 0.0397. The largest absolute Gasteiger partial charge is 0.468 e. The molecule has 1 N–H and O–H groups in total. The number of aryl methyl sites for hydroxylation is 1. The molecule has 15 heavy (non-hydrogen) atoms. The summed E-state index contributed by atoms with van der Waals surface area (Å²) in [5.74, 6) is -0.343. The predicted octanol–water partition coefficient (Wildman–Crippen LogP) is 0.732. The number of nitrogens with zero attached hydrogens (tertiary/aromatic N) is 1. The second kappa shape index (κ2) is 4.97. The minimum atomic E-state index is -0.389. The highest BCUT2D eigenvalue weighted by Crippen LogP contribution is 2.18. The van der Waals surface area contributed by atoms with E-state index in [0.717, 1.165) is 11.8 Å². The molecule has 5 nitrogen and oxygen atoms in total. The van der Waals surface area contributed by atoms with Crippen molar-refractivity contribution >= 4 is 17.7 Å². The van der Waals surface area contributed by atoms with Crippen LogP contribution >= 0.6 is 11.8 Å². The van der Waals surface area contributed by atoms with Gasteiger partial charge in [0.15, 0.2) is 5.16 Å². The number of thioether (sulfide) groups is 1. The van der Waals surface area contributed by atoms with E-state index < -0.39 is 0 Å². The molecule has 1 rings (SSSR count). The van der Waals surface area contributed by atoms with E-state index in [0.29, 0.717) is 10.9 Å². The van der Waals surface area contributed by atoms with Crippen LogP contribution in [0.1, 0.15) is 12.6 Å². The van der Waals surface area contributed by atoms with Gasteiger partial charge in [-0.15, -0.1) is 0 Å². The number of hydrogen-bond donors (Lipinski definition) is 1. The van der Waals surface area contributed by atoms with Gasteiger partial charge in [0.1, 0.15) is 5.25 Å². The van der Waals surface area contributed by atoms with Crippen molar-refractivity contribution in [2.24, 2.45) is 0 Å². The lowest BCUT2D eigenvalue weighted by molar-refractivity contribution is -0.139. The molecule has 82 valence electrons. The molecule has 0 saturated carbocycles. The van der Waals surface area contributed by atoms with Gasteiger partial charge in [0, 0.05) is 11.8 Å². The number of H-pyrrole nitrogens is 1. The SMILES string of the molecule is COC(=O)[C@H](C)Sc1nc(C)cc(=O)[nH]1. The standard InChI is InChI=1S/C9H12N2O3S/c1-5-4-7(12)11-9(10-5)15-6(2)8(13)14-3/h4,6H,1-3H3,(H,10,11,12)/t6-/m0/s1. The van der Waals surface area contributed by atoms with Crippen LogP contribution < -0.4 is 5.56 Å². The molecule has 0 aliphatic rings. The fraction of sp³-hybridized carbons (Fsp3) is 0.444. The molecule has 1 aromatic heterocycles. The van der Waals surface area contributed by atoms with Gasteiger partial charge in [-0.3, -0.25) is 9.59 Å². The Morgan fingerprint density at radius 1 is 1.67 bits per heavy atom. The molecule has 1 heterocycles. The lowest BCUT2D eigenvalue weighted by atomic mass is 10.5. The number of esters is 1. The van der Waals surface area contributed by atoms with Crippen LogP contribution in [-0.4, -0.2) is 28.3 Å². The van der Waals surface area contributed by atoms with Gasteiger partial charge in [0.2, 0.25) is 0 Å². The van der Waals surface area contributed by atoms with Gasteiger partial charge in [-0.25, -0.2) is 4.98 Å². The lowest BCUT2D eigenvalue weighted by Gasteiger charge is -2.07. The van der Waals surface area contributed by atoms with E-state index in [1.807, 2.05) is 0 Å². The quantitative estimate of drug-likeness (QED) is 0.469. The zero-order valence-electron chi connectivity index (χ0n) is 8.73. The van der Waals surface area contributed by atoms with Crippen LogP contribution in [0.15, 0.2) is 16.0 Å². The van der Waals surface area contributed by atoms with Gasteiger partial charge in [-0.1, -0.05) is 11.8 Å². The van der Waals surface area contributed by atoms with Crippen molar-refractivity contribution in [3.63, 3.8) is 0 Å². The Morgan fingerprint density at radius 2 is 2.33 bits per heavy atom. The zero-order valence-corrected chi connectivity index (χ0v) is 9.55. The van der Waals surface area contributed by atoms with Gasteiger partial charge in [0.05, 0.1) is 7.11 Å². The number of carbonyl (C=O) groups excluding carboxylic acids is 1. The summed E-state index contributed by atoms with van der Waals surface area (Å²) < 4.78 is 4.57. The van der Waals surface area contributed by atoms with Gasteiger partial charge < -0.3 is 9.72 Å². The second-order valence-corrected chi connectivity index (χ2v) is 4.30. The molecule has 1 aromatic rings. The molecule has 1 atom stereocenters. The molecule has 6 heteroatoms. The number of ether oxygens (including phenoxy) is 1. The van der Waals surface area contributed by atoms with Crippen LogP contribution in [0.4, 0.5) is 0 Å². The zero-order chi connectivity index (χ0) is 11.4. The molecule has 0 unspecified atom stereocenters. The van der Waals surface area contributed by atoms with Crippen molar-refractivity contribution < 1.29 is 9.53 Å². The Hall–Kier alpha value is -1.30. The molecule has 0 aliphatic carbocycles. The van der Waals surface area contributed by atoms with E-state index in [-0.39, 0.29) is 16.8 Å². The van der Waals surface area contributed by atoms with E-state index >= 15 is 0 Å². The summed E-state index contributed by atoms with van der Waals surface area (Å²) in [6, 6.07) is 1.40. The molecule has 0 saturated heterocycles. The summed E-state index contributed by atoms with van der Waals surface area (Å²) in [7, 11) is 1.33. The number of carbonyl (C=O) groups is 1. The maximum Gasteiger partial charge on any atom is 0.318 e. The van der Waals surface area contributed by atoms with Crippen molar-refractivity contribution in [3.05, 3.63) is 22.1 Å². The maximum absolute atomic E-state index is 11.1. The Kier molecular flexibility index (Phi) is 3.90. The van der Waals surface area contributed by atoms with Crippen LogP contribution in [0, 0.1) is 6.92 Å². The number of aromatic amines is 1. The average Bonchev–Trinajstić information content (AvgIpc) is 2.14. The maximum atomic E-state index is 11.1. The van der Waals surface area contributed by atoms with E-state index in [1.165, 1.54) is 13.2 Å². The van der Waals surface area contributed by atoms with Crippen molar-refractivity contribution in [2.75, 3.05) is 7.11 Å². The molecular weight excluding hydrogens is 216 g/mol. The molecule has 0 spiro atoms. The molecule has 0 aromatic carbocycles. The monoisotopic (exact) mass is 228 g/mol. The Morgan fingerprint density at radius 3 is 2.87 bits per heavy atom. The molecule has 0 fully saturated rings. The van der Waals surface area contributed by atoms with Crippen LogP contribution in [0.2, 0.25) is 0 Å². The van der Waals surface area contributed by atoms with Gasteiger partial charge >= 0.3 is 5.97 Å². The van der Waals surface area contributed by atoms with Crippen molar-refractivity contribution in [1.82, 2.24) is 9.97 Å². The molecule has 0 aliphatic heterocycles. The number of rotatable bonds is 3. The minimum absolute atomic E-state index is 0.220. The second-order valence-electron chi connectivity index (χ2n) is 2.98. The molecule has 0 radical (unpaired) electrons. The van der Waals surface area contributed by atoms with E-state index in [1.54, 1.807) is 13.8 Å². The fourth-order valence-corrected chi connectivity index (χ4v) is 1.87. The van der Waals surface area contributed by atoms with Crippen LogP contribution in [0.25, 0.3) is 0 Å². The van der Waals surface area contributed by atoms with Gasteiger partial charge in [-0.2, -0.15) is 0 Å². The third-order valence-electron chi connectivity index (χ3n) is 1.67. The highest BCUT2D eigenvalue weighted by molar-refractivity contribution is 8.00. The first-order chi connectivity index (χ1) is 7.02. The third kappa shape index (κ3) is 3.39. The van der Waals surface area contributed by atoms with Gasteiger partial charge in [-0.05, 0) is 13.8 Å². The van der Waals surface area contributed by atoms with Crippen molar-refractivity contribution in [2.45, 2.75) is 24.3 Å². The highest BCUT2D eigenvalue weighted by Gasteiger charge is 2.15.